The normalized spacial score (nSPS) is 13.4. The van der Waals surface area contributed by atoms with Crippen molar-refractivity contribution in [3.05, 3.63) is 63.9 Å². The number of nitrogens with zero attached hydrogens (tertiary/aromatic N) is 4. The Kier molecular flexibility index (Phi) is 6.21. The molecule has 0 radical (unpaired) electrons. The molecule has 0 saturated carbocycles. The zero-order valence-electron chi connectivity index (χ0n) is 17.5. The highest BCUT2D eigenvalue weighted by Gasteiger charge is 2.21. The molecule has 9 heteroatoms. The first kappa shape index (κ1) is 21.6. The third kappa shape index (κ3) is 4.64. The van der Waals surface area contributed by atoms with E-state index in [2.05, 4.69) is 32.1 Å². The molecule has 1 fully saturated rings. The van der Waals surface area contributed by atoms with Gasteiger partial charge in [0.1, 0.15) is 5.82 Å². The van der Waals surface area contributed by atoms with E-state index in [1.807, 2.05) is 6.92 Å². The quantitative estimate of drug-likeness (QED) is 0.514. The van der Waals surface area contributed by atoms with Gasteiger partial charge in [-0.3, -0.25) is 4.79 Å². The minimum absolute atomic E-state index is 0.0858. The van der Waals surface area contributed by atoms with E-state index < -0.39 is 0 Å². The number of hydrogen-bond donors (Lipinski definition) is 3. The summed E-state index contributed by atoms with van der Waals surface area (Å²) < 4.78 is 0. The molecule has 1 amide bonds. The van der Waals surface area contributed by atoms with Crippen molar-refractivity contribution in [1.29, 1.82) is 0 Å². The fourth-order valence-corrected chi connectivity index (χ4v) is 3.70. The van der Waals surface area contributed by atoms with Crippen LogP contribution in [0.4, 0.5) is 11.8 Å². The summed E-state index contributed by atoms with van der Waals surface area (Å²) in [6.07, 6.45) is 1.60. The molecule has 1 aromatic carbocycles. The predicted molar refractivity (Wildman–Crippen MR) is 125 cm³/mol. The molecule has 3 heterocycles. The van der Waals surface area contributed by atoms with Crippen LogP contribution in [0.15, 0.2) is 36.5 Å². The first-order chi connectivity index (χ1) is 15.4. The lowest BCUT2D eigenvalue weighted by molar-refractivity contribution is 0.0736. The molecule has 0 spiro atoms. The molecule has 2 aromatic heterocycles. The number of aryl methyl sites for hydroxylation is 1. The molecular formula is C23H22ClN7O. The molecule has 162 valence electrons. The second-order valence-electron chi connectivity index (χ2n) is 7.35. The minimum atomic E-state index is -0.0858. The van der Waals surface area contributed by atoms with Crippen molar-refractivity contribution in [1.82, 2.24) is 25.2 Å². The van der Waals surface area contributed by atoms with Gasteiger partial charge >= 0.3 is 0 Å². The summed E-state index contributed by atoms with van der Waals surface area (Å²) >= 11 is 6.52. The standard InChI is InChI=1S/C23H22ClN7O/c1-14-17(5-2-15-3-7-20(25)28-13-15)21(30-23(26)29-14)16-4-6-18(19(24)12-16)22(32)31-10-8-27-9-11-31/h3-4,6-7,12-13,27H,8-11H2,1H3,(H2,25,28)(H2,26,29,30). The lowest BCUT2D eigenvalue weighted by atomic mass is 10.0. The summed E-state index contributed by atoms with van der Waals surface area (Å²) in [6.45, 7) is 4.66. The van der Waals surface area contributed by atoms with Gasteiger partial charge in [-0.15, -0.1) is 0 Å². The molecule has 1 saturated heterocycles. The fourth-order valence-electron chi connectivity index (χ4n) is 3.44. The monoisotopic (exact) mass is 447 g/mol. The number of pyridine rings is 1. The van der Waals surface area contributed by atoms with Gasteiger partial charge in [0, 0.05) is 43.5 Å². The molecule has 0 atom stereocenters. The average Bonchev–Trinajstić information content (AvgIpc) is 2.79. The van der Waals surface area contributed by atoms with Crippen LogP contribution in [0.1, 0.15) is 27.2 Å². The SMILES string of the molecule is Cc1nc(N)nc(-c2ccc(C(=O)N3CCNCC3)c(Cl)c2)c1C#Cc1ccc(N)nc1. The maximum Gasteiger partial charge on any atom is 0.255 e. The highest BCUT2D eigenvalue weighted by molar-refractivity contribution is 6.34. The Balaban J connectivity index is 1.71. The van der Waals surface area contributed by atoms with Gasteiger partial charge in [0.15, 0.2) is 0 Å². The number of halogens is 1. The summed E-state index contributed by atoms with van der Waals surface area (Å²) in [7, 11) is 0. The molecule has 5 N–H and O–H groups in total. The van der Waals surface area contributed by atoms with Crippen LogP contribution < -0.4 is 16.8 Å². The number of amides is 1. The van der Waals surface area contributed by atoms with Gasteiger partial charge in [-0.2, -0.15) is 0 Å². The van der Waals surface area contributed by atoms with E-state index in [0.29, 0.717) is 57.6 Å². The van der Waals surface area contributed by atoms with Crippen LogP contribution in [0.3, 0.4) is 0 Å². The summed E-state index contributed by atoms with van der Waals surface area (Å²) in [5.41, 5.74) is 15.2. The zero-order chi connectivity index (χ0) is 22.7. The Morgan fingerprint density at radius 3 is 2.59 bits per heavy atom. The molecule has 3 aromatic rings. The van der Waals surface area contributed by atoms with Crippen molar-refractivity contribution in [2.45, 2.75) is 6.92 Å². The summed E-state index contributed by atoms with van der Waals surface area (Å²) in [5, 5.41) is 3.58. The molecule has 32 heavy (non-hydrogen) atoms. The number of aromatic nitrogens is 3. The fraction of sp³-hybridized carbons (Fsp3) is 0.217. The van der Waals surface area contributed by atoms with Crippen molar-refractivity contribution in [2.75, 3.05) is 37.6 Å². The summed E-state index contributed by atoms with van der Waals surface area (Å²) in [5.74, 6) is 6.64. The number of nitrogen functional groups attached to an aromatic ring is 2. The van der Waals surface area contributed by atoms with Crippen molar-refractivity contribution in [3.63, 3.8) is 0 Å². The number of hydrogen-bond acceptors (Lipinski definition) is 7. The molecule has 0 aliphatic carbocycles. The molecule has 8 nitrogen and oxygen atoms in total. The van der Waals surface area contributed by atoms with E-state index in [9.17, 15) is 4.79 Å². The van der Waals surface area contributed by atoms with Gasteiger partial charge in [-0.05, 0) is 31.2 Å². The van der Waals surface area contributed by atoms with Crippen LogP contribution in [-0.4, -0.2) is 51.9 Å². The van der Waals surface area contributed by atoms with Gasteiger partial charge in [-0.1, -0.05) is 29.5 Å². The second kappa shape index (κ2) is 9.22. The van der Waals surface area contributed by atoms with Crippen LogP contribution in [0, 0.1) is 18.8 Å². The first-order valence-corrected chi connectivity index (χ1v) is 10.5. The first-order valence-electron chi connectivity index (χ1n) is 10.1. The zero-order valence-corrected chi connectivity index (χ0v) is 18.3. The molecule has 0 unspecified atom stereocenters. The predicted octanol–water partition coefficient (Wildman–Crippen LogP) is 2.11. The number of carbonyl (C=O) groups excluding carboxylic acids is 1. The van der Waals surface area contributed by atoms with E-state index >= 15 is 0 Å². The molecule has 0 bridgehead atoms. The van der Waals surface area contributed by atoms with Crippen LogP contribution in [-0.2, 0) is 0 Å². The molecule has 4 rings (SSSR count). The van der Waals surface area contributed by atoms with E-state index in [-0.39, 0.29) is 11.9 Å². The van der Waals surface area contributed by atoms with Crippen LogP contribution in [0.5, 0.6) is 0 Å². The van der Waals surface area contributed by atoms with Gasteiger partial charge in [0.05, 0.1) is 27.5 Å². The highest BCUT2D eigenvalue weighted by Crippen LogP contribution is 2.29. The number of nitrogens with one attached hydrogen (secondary N) is 1. The second-order valence-corrected chi connectivity index (χ2v) is 7.76. The number of nitrogens with two attached hydrogens (primary N) is 2. The van der Waals surface area contributed by atoms with Crippen LogP contribution in [0.2, 0.25) is 5.02 Å². The number of piperazine rings is 1. The third-order valence-electron chi connectivity index (χ3n) is 5.10. The maximum absolute atomic E-state index is 12.9. The topological polar surface area (TPSA) is 123 Å². The minimum Gasteiger partial charge on any atom is -0.384 e. The average molecular weight is 448 g/mol. The van der Waals surface area contributed by atoms with E-state index in [4.69, 9.17) is 23.1 Å². The Morgan fingerprint density at radius 2 is 1.91 bits per heavy atom. The molecule has 1 aliphatic heterocycles. The van der Waals surface area contributed by atoms with E-state index in [0.717, 1.165) is 13.1 Å². The molecular weight excluding hydrogens is 426 g/mol. The Bertz CT molecular complexity index is 1230. The number of anilines is 2. The lowest BCUT2D eigenvalue weighted by Gasteiger charge is -2.27. The van der Waals surface area contributed by atoms with Crippen molar-refractivity contribution < 1.29 is 4.79 Å². The summed E-state index contributed by atoms with van der Waals surface area (Å²) in [4.78, 5) is 27.3. The molecule has 1 aliphatic rings. The Morgan fingerprint density at radius 1 is 1.12 bits per heavy atom. The summed E-state index contributed by atoms with van der Waals surface area (Å²) in [6, 6.07) is 8.71. The maximum atomic E-state index is 12.9. The van der Waals surface area contributed by atoms with Gasteiger partial charge in [0.25, 0.3) is 5.91 Å². The van der Waals surface area contributed by atoms with Gasteiger partial charge in [0.2, 0.25) is 5.95 Å². The van der Waals surface area contributed by atoms with Crippen LogP contribution in [0.25, 0.3) is 11.3 Å². The van der Waals surface area contributed by atoms with Crippen molar-refractivity contribution in [2.24, 2.45) is 0 Å². The number of rotatable bonds is 2. The number of carbonyl (C=O) groups is 1. The Hall–Kier alpha value is -3.67. The van der Waals surface area contributed by atoms with Crippen LogP contribution >= 0.6 is 11.6 Å². The largest absolute Gasteiger partial charge is 0.384 e. The van der Waals surface area contributed by atoms with Crippen molar-refractivity contribution in [3.8, 4) is 23.1 Å². The van der Waals surface area contributed by atoms with E-state index in [1.165, 1.54) is 0 Å². The van der Waals surface area contributed by atoms with E-state index in [1.54, 1.807) is 41.4 Å². The number of benzene rings is 1. The smallest absolute Gasteiger partial charge is 0.255 e. The van der Waals surface area contributed by atoms with Crippen molar-refractivity contribution >= 4 is 29.3 Å². The van der Waals surface area contributed by atoms with Gasteiger partial charge in [-0.25, -0.2) is 15.0 Å². The third-order valence-corrected chi connectivity index (χ3v) is 5.42. The highest BCUT2D eigenvalue weighted by atomic mass is 35.5. The Labute approximate surface area is 191 Å². The lowest BCUT2D eigenvalue weighted by Crippen LogP contribution is -2.46. The van der Waals surface area contributed by atoms with Gasteiger partial charge < -0.3 is 21.7 Å².